The van der Waals surface area contributed by atoms with Crippen molar-refractivity contribution in [3.8, 4) is 5.75 Å². The van der Waals surface area contributed by atoms with Crippen molar-refractivity contribution in [2.45, 2.75) is 17.0 Å². The molecule has 150 valence electrons. The Labute approximate surface area is 162 Å². The van der Waals surface area contributed by atoms with Crippen LogP contribution in [0.3, 0.4) is 0 Å². The van der Waals surface area contributed by atoms with Gasteiger partial charge in [-0.2, -0.15) is 0 Å². The molecule has 2 unspecified atom stereocenters. The van der Waals surface area contributed by atoms with Crippen molar-refractivity contribution in [1.29, 1.82) is 0 Å². The van der Waals surface area contributed by atoms with Crippen LogP contribution in [-0.2, 0) is 19.4 Å². The van der Waals surface area contributed by atoms with E-state index in [1.807, 2.05) is 0 Å². The summed E-state index contributed by atoms with van der Waals surface area (Å²) in [6, 6.07) is 11.3. The molecule has 2 atom stereocenters. The molecule has 0 aliphatic heterocycles. The van der Waals surface area contributed by atoms with E-state index in [1.54, 1.807) is 30.3 Å². The molecule has 10 heteroatoms. The van der Waals surface area contributed by atoms with Gasteiger partial charge in [0.2, 0.25) is 5.91 Å². The van der Waals surface area contributed by atoms with Crippen LogP contribution in [0.15, 0.2) is 59.5 Å². The van der Waals surface area contributed by atoms with Gasteiger partial charge >= 0.3 is 0 Å². The number of nitrogens with one attached hydrogen (secondary N) is 2. The number of hydrogen-bond donors (Lipinski definition) is 4. The average molecular weight is 407 g/mol. The summed E-state index contributed by atoms with van der Waals surface area (Å²) in [7, 11) is -2.52. The zero-order valence-corrected chi connectivity index (χ0v) is 15.8. The second-order valence-electron chi connectivity index (χ2n) is 5.88. The maximum absolute atomic E-state index is 12.6. The summed E-state index contributed by atoms with van der Waals surface area (Å²) in [6.07, 6.45) is 0. The number of amides is 2. The number of carbonyl (C=O) groups excluding carboxylic acids is 2. The number of sulfone groups is 1. The van der Waals surface area contributed by atoms with E-state index in [4.69, 9.17) is 15.7 Å². The number of rotatable bonds is 8. The molecule has 0 aliphatic carbocycles. The summed E-state index contributed by atoms with van der Waals surface area (Å²) >= 11 is 0. The topological polar surface area (TPSA) is 148 Å². The fourth-order valence-electron chi connectivity index (χ4n) is 2.43. The Bertz CT molecular complexity index is 916. The molecular weight excluding hydrogens is 386 g/mol. The molecule has 9 nitrogen and oxygen atoms in total. The summed E-state index contributed by atoms with van der Waals surface area (Å²) in [5.74, 6) is -2.14. The largest absolute Gasteiger partial charge is 0.497 e. The summed E-state index contributed by atoms with van der Waals surface area (Å²) in [5.41, 5.74) is 7.72. The van der Waals surface area contributed by atoms with Crippen LogP contribution in [0.5, 0.6) is 5.75 Å². The van der Waals surface area contributed by atoms with E-state index in [-0.39, 0.29) is 4.90 Å². The second-order valence-corrected chi connectivity index (χ2v) is 7.92. The first-order valence-electron chi connectivity index (χ1n) is 8.20. The van der Waals surface area contributed by atoms with Crippen molar-refractivity contribution in [3.63, 3.8) is 0 Å². The maximum Gasteiger partial charge on any atom is 0.266 e. The van der Waals surface area contributed by atoms with Crippen LogP contribution in [0.1, 0.15) is 11.6 Å². The van der Waals surface area contributed by atoms with Gasteiger partial charge in [-0.25, -0.2) is 13.9 Å². The van der Waals surface area contributed by atoms with Crippen LogP contribution in [0.2, 0.25) is 0 Å². The van der Waals surface area contributed by atoms with Crippen molar-refractivity contribution >= 4 is 21.7 Å². The van der Waals surface area contributed by atoms with Gasteiger partial charge in [0.1, 0.15) is 17.8 Å². The standard InChI is InChI=1S/C18H21N3O6S/c1-27-13-7-9-14(10-8-13)28(25,26)11-15(17(22)21-24)20-18(23)16(19)12-5-3-2-4-6-12/h2-10,15-16,24H,11,19H2,1H3,(H,20,23)(H,21,22). The highest BCUT2D eigenvalue weighted by molar-refractivity contribution is 7.91. The summed E-state index contributed by atoms with van der Waals surface area (Å²) in [5, 5.41) is 11.2. The molecule has 0 fully saturated rings. The van der Waals surface area contributed by atoms with Crippen molar-refractivity contribution in [1.82, 2.24) is 10.8 Å². The molecule has 0 spiro atoms. The number of nitrogens with two attached hydrogens (primary N) is 1. The molecular formula is C18H21N3O6S. The first-order chi connectivity index (χ1) is 13.3. The molecule has 0 radical (unpaired) electrons. The van der Waals surface area contributed by atoms with Crippen molar-refractivity contribution in [2.24, 2.45) is 5.73 Å². The van der Waals surface area contributed by atoms with E-state index in [1.165, 1.54) is 36.9 Å². The third kappa shape index (κ3) is 5.28. The van der Waals surface area contributed by atoms with Gasteiger partial charge < -0.3 is 15.8 Å². The summed E-state index contributed by atoms with van der Waals surface area (Å²) < 4.78 is 30.2. The van der Waals surface area contributed by atoms with Crippen molar-refractivity contribution in [3.05, 3.63) is 60.2 Å². The molecule has 2 aromatic rings. The summed E-state index contributed by atoms with van der Waals surface area (Å²) in [6.45, 7) is 0. The lowest BCUT2D eigenvalue weighted by Crippen LogP contribution is -2.51. The van der Waals surface area contributed by atoms with Crippen LogP contribution >= 0.6 is 0 Å². The van der Waals surface area contributed by atoms with Crippen LogP contribution in [0.4, 0.5) is 0 Å². The molecule has 2 rings (SSSR count). The first-order valence-corrected chi connectivity index (χ1v) is 9.85. The lowest BCUT2D eigenvalue weighted by Gasteiger charge is -2.20. The van der Waals surface area contributed by atoms with Gasteiger partial charge in [-0.05, 0) is 29.8 Å². The summed E-state index contributed by atoms with van der Waals surface area (Å²) in [4.78, 5) is 24.2. The molecule has 5 N–H and O–H groups in total. The quantitative estimate of drug-likeness (QED) is 0.360. The molecule has 2 aromatic carbocycles. The average Bonchev–Trinajstić information content (AvgIpc) is 2.72. The van der Waals surface area contributed by atoms with Gasteiger partial charge in [-0.3, -0.25) is 14.8 Å². The normalized spacial score (nSPS) is 13.2. The zero-order chi connectivity index (χ0) is 20.7. The number of hydroxylamine groups is 1. The Morgan fingerprint density at radius 2 is 1.68 bits per heavy atom. The van der Waals surface area contributed by atoms with Crippen LogP contribution < -0.4 is 21.3 Å². The smallest absolute Gasteiger partial charge is 0.266 e. The molecule has 0 saturated heterocycles. The molecule has 0 heterocycles. The maximum atomic E-state index is 12.6. The second kappa shape index (κ2) is 9.31. The number of ether oxygens (including phenoxy) is 1. The molecule has 0 aliphatic rings. The molecule has 2 amide bonds. The number of benzene rings is 2. The molecule has 0 saturated carbocycles. The predicted molar refractivity (Wildman–Crippen MR) is 100 cm³/mol. The SMILES string of the molecule is COc1ccc(S(=O)(=O)CC(NC(=O)C(N)c2ccccc2)C(=O)NO)cc1. The molecule has 0 bridgehead atoms. The number of hydrogen-bond acceptors (Lipinski definition) is 7. The monoisotopic (exact) mass is 407 g/mol. The minimum atomic E-state index is -3.96. The van der Waals surface area contributed by atoms with Crippen molar-refractivity contribution in [2.75, 3.05) is 12.9 Å². The lowest BCUT2D eigenvalue weighted by molar-refractivity contribution is -0.134. The van der Waals surface area contributed by atoms with E-state index in [0.717, 1.165) is 0 Å². The fraction of sp³-hybridized carbons (Fsp3) is 0.222. The van der Waals surface area contributed by atoms with Crippen LogP contribution in [0, 0.1) is 0 Å². The van der Waals surface area contributed by atoms with E-state index >= 15 is 0 Å². The Kier molecular flexibility index (Phi) is 7.10. The van der Waals surface area contributed by atoms with Crippen molar-refractivity contribution < 1.29 is 28.0 Å². The molecule has 0 aromatic heterocycles. The third-order valence-corrected chi connectivity index (χ3v) is 5.75. The minimum absolute atomic E-state index is 0.0642. The minimum Gasteiger partial charge on any atom is -0.497 e. The lowest BCUT2D eigenvalue weighted by atomic mass is 10.1. The highest BCUT2D eigenvalue weighted by Crippen LogP contribution is 2.18. The van der Waals surface area contributed by atoms with Gasteiger partial charge in [0.15, 0.2) is 9.84 Å². The van der Waals surface area contributed by atoms with E-state index in [2.05, 4.69) is 5.32 Å². The predicted octanol–water partition coefficient (Wildman–Crippen LogP) is 0.159. The van der Waals surface area contributed by atoms with Gasteiger partial charge in [0, 0.05) is 0 Å². The number of carbonyl (C=O) groups is 2. The van der Waals surface area contributed by atoms with E-state index < -0.39 is 39.5 Å². The fourth-order valence-corrected chi connectivity index (χ4v) is 3.85. The van der Waals surface area contributed by atoms with Crippen LogP contribution in [0.25, 0.3) is 0 Å². The van der Waals surface area contributed by atoms with Gasteiger partial charge in [0.25, 0.3) is 5.91 Å². The molecule has 28 heavy (non-hydrogen) atoms. The Balaban J connectivity index is 2.18. The highest BCUT2D eigenvalue weighted by Gasteiger charge is 2.30. The van der Waals surface area contributed by atoms with Gasteiger partial charge in [-0.1, -0.05) is 30.3 Å². The first kappa shape index (κ1) is 21.4. The van der Waals surface area contributed by atoms with Gasteiger partial charge in [-0.15, -0.1) is 0 Å². The Morgan fingerprint density at radius 1 is 1.07 bits per heavy atom. The zero-order valence-electron chi connectivity index (χ0n) is 15.0. The van der Waals surface area contributed by atoms with E-state index in [0.29, 0.717) is 11.3 Å². The van der Waals surface area contributed by atoms with E-state index in [9.17, 15) is 18.0 Å². The Hall–Kier alpha value is -2.95. The number of methoxy groups -OCH3 is 1. The van der Waals surface area contributed by atoms with Gasteiger partial charge in [0.05, 0.1) is 17.8 Å². The van der Waals surface area contributed by atoms with Crippen LogP contribution in [-0.4, -0.2) is 44.3 Å². The Morgan fingerprint density at radius 3 is 2.21 bits per heavy atom. The highest BCUT2D eigenvalue weighted by atomic mass is 32.2. The third-order valence-electron chi connectivity index (χ3n) is 3.99.